The van der Waals surface area contributed by atoms with Gasteiger partial charge in [-0.05, 0) is 57.3 Å². The van der Waals surface area contributed by atoms with Gasteiger partial charge in [-0.2, -0.15) is 0 Å². The predicted molar refractivity (Wildman–Crippen MR) is 78.9 cm³/mol. The van der Waals surface area contributed by atoms with E-state index in [2.05, 4.69) is 15.6 Å². The Morgan fingerprint density at radius 1 is 1.55 bits per heavy atom. The monoisotopic (exact) mass is 277 g/mol. The highest BCUT2D eigenvalue weighted by Crippen LogP contribution is 2.14. The number of hydrogen-bond donors (Lipinski definition) is 2. The summed E-state index contributed by atoms with van der Waals surface area (Å²) in [6.45, 7) is 5.37. The van der Waals surface area contributed by atoms with Crippen molar-refractivity contribution in [1.29, 1.82) is 0 Å². The maximum absolute atomic E-state index is 11.5. The first-order valence-corrected chi connectivity index (χ1v) is 7.37. The van der Waals surface area contributed by atoms with E-state index < -0.39 is 0 Å². The zero-order chi connectivity index (χ0) is 14.2. The van der Waals surface area contributed by atoms with Crippen LogP contribution in [0.25, 0.3) is 0 Å². The molecule has 1 atom stereocenters. The molecular weight excluding hydrogens is 254 g/mol. The molecule has 0 spiro atoms. The molecule has 0 amide bonds. The van der Waals surface area contributed by atoms with E-state index in [4.69, 9.17) is 4.74 Å². The van der Waals surface area contributed by atoms with Crippen LogP contribution in [-0.2, 0) is 4.74 Å². The molecule has 2 rings (SSSR count). The van der Waals surface area contributed by atoms with Crippen molar-refractivity contribution in [2.24, 2.45) is 5.92 Å². The lowest BCUT2D eigenvalue weighted by Crippen LogP contribution is -2.30. The molecule has 2 N–H and O–H groups in total. The van der Waals surface area contributed by atoms with E-state index in [0.717, 1.165) is 37.8 Å². The summed E-state index contributed by atoms with van der Waals surface area (Å²) in [6, 6.07) is 3.57. The van der Waals surface area contributed by atoms with Gasteiger partial charge in [0.1, 0.15) is 5.82 Å². The largest absolute Gasteiger partial charge is 0.462 e. The molecule has 1 fully saturated rings. The molecule has 5 heteroatoms. The Kier molecular flexibility index (Phi) is 5.80. The number of hydrogen-bond acceptors (Lipinski definition) is 5. The summed E-state index contributed by atoms with van der Waals surface area (Å²) in [4.78, 5) is 15.7. The molecule has 0 saturated carbocycles. The van der Waals surface area contributed by atoms with Crippen molar-refractivity contribution in [3.63, 3.8) is 0 Å². The fourth-order valence-electron chi connectivity index (χ4n) is 2.41. The molecule has 0 aromatic carbocycles. The SMILES string of the molecule is CCOC(=O)c1ccc(NCCC2CCCNC2)nc1. The van der Waals surface area contributed by atoms with Gasteiger partial charge in [-0.15, -0.1) is 0 Å². The zero-order valence-electron chi connectivity index (χ0n) is 12.0. The number of nitrogens with one attached hydrogen (secondary N) is 2. The van der Waals surface area contributed by atoms with Crippen molar-refractivity contribution >= 4 is 11.8 Å². The van der Waals surface area contributed by atoms with Crippen LogP contribution in [0.3, 0.4) is 0 Å². The molecule has 0 aliphatic carbocycles. The second-order valence-corrected chi connectivity index (χ2v) is 5.08. The average molecular weight is 277 g/mol. The molecule has 5 nitrogen and oxygen atoms in total. The van der Waals surface area contributed by atoms with Crippen molar-refractivity contribution < 1.29 is 9.53 Å². The van der Waals surface area contributed by atoms with Gasteiger partial charge in [0.2, 0.25) is 0 Å². The van der Waals surface area contributed by atoms with E-state index in [9.17, 15) is 4.79 Å². The third-order valence-electron chi connectivity index (χ3n) is 3.53. The molecule has 0 bridgehead atoms. The van der Waals surface area contributed by atoms with Crippen LogP contribution in [0.1, 0.15) is 36.5 Å². The third kappa shape index (κ3) is 4.49. The van der Waals surface area contributed by atoms with Crippen LogP contribution in [0.2, 0.25) is 0 Å². The van der Waals surface area contributed by atoms with Crippen molar-refractivity contribution in [1.82, 2.24) is 10.3 Å². The highest BCUT2D eigenvalue weighted by molar-refractivity contribution is 5.89. The summed E-state index contributed by atoms with van der Waals surface area (Å²) in [7, 11) is 0. The fourth-order valence-corrected chi connectivity index (χ4v) is 2.41. The molecule has 20 heavy (non-hydrogen) atoms. The van der Waals surface area contributed by atoms with Gasteiger partial charge in [-0.1, -0.05) is 0 Å². The summed E-state index contributed by atoms with van der Waals surface area (Å²) in [5, 5.41) is 6.72. The molecule has 110 valence electrons. The van der Waals surface area contributed by atoms with Gasteiger partial charge in [0, 0.05) is 12.7 Å². The second-order valence-electron chi connectivity index (χ2n) is 5.08. The molecule has 1 aromatic heterocycles. The van der Waals surface area contributed by atoms with Crippen molar-refractivity contribution in [3.05, 3.63) is 23.9 Å². The number of rotatable bonds is 6. The zero-order valence-corrected chi connectivity index (χ0v) is 12.0. The number of nitrogens with zero attached hydrogens (tertiary/aromatic N) is 1. The number of aromatic nitrogens is 1. The van der Waals surface area contributed by atoms with E-state index in [1.807, 2.05) is 6.07 Å². The summed E-state index contributed by atoms with van der Waals surface area (Å²) < 4.78 is 4.92. The predicted octanol–water partition coefficient (Wildman–Crippen LogP) is 2.06. The van der Waals surface area contributed by atoms with E-state index in [-0.39, 0.29) is 5.97 Å². The number of carbonyl (C=O) groups excluding carboxylic acids is 1. The first kappa shape index (κ1) is 14.8. The third-order valence-corrected chi connectivity index (χ3v) is 3.53. The Hall–Kier alpha value is -1.62. The molecule has 0 radical (unpaired) electrons. The van der Waals surface area contributed by atoms with Crippen molar-refractivity contribution in [2.45, 2.75) is 26.2 Å². The van der Waals surface area contributed by atoms with Crippen LogP contribution < -0.4 is 10.6 Å². The van der Waals surface area contributed by atoms with Gasteiger partial charge in [0.05, 0.1) is 12.2 Å². The number of carbonyl (C=O) groups is 1. The lowest BCUT2D eigenvalue weighted by Gasteiger charge is -2.22. The van der Waals surface area contributed by atoms with Crippen LogP contribution in [0.15, 0.2) is 18.3 Å². The number of piperidine rings is 1. The molecular formula is C15H23N3O2. The fraction of sp³-hybridized carbons (Fsp3) is 0.600. The average Bonchev–Trinajstić information content (AvgIpc) is 2.49. The Balaban J connectivity index is 1.74. The maximum atomic E-state index is 11.5. The van der Waals surface area contributed by atoms with Crippen LogP contribution in [0.5, 0.6) is 0 Å². The van der Waals surface area contributed by atoms with Crippen molar-refractivity contribution in [2.75, 3.05) is 31.6 Å². The Bertz CT molecular complexity index is 414. The van der Waals surface area contributed by atoms with Gasteiger partial charge in [0.15, 0.2) is 0 Å². The Morgan fingerprint density at radius 2 is 2.45 bits per heavy atom. The first-order chi connectivity index (χ1) is 9.79. The highest BCUT2D eigenvalue weighted by Gasteiger charge is 2.12. The first-order valence-electron chi connectivity index (χ1n) is 7.37. The van der Waals surface area contributed by atoms with Crippen LogP contribution in [-0.4, -0.2) is 37.2 Å². The Labute approximate surface area is 120 Å². The van der Waals surface area contributed by atoms with E-state index in [1.54, 1.807) is 19.2 Å². The molecule has 1 aliphatic heterocycles. The van der Waals surface area contributed by atoms with E-state index in [1.165, 1.54) is 12.8 Å². The topological polar surface area (TPSA) is 63.2 Å². The van der Waals surface area contributed by atoms with E-state index in [0.29, 0.717) is 12.2 Å². The van der Waals surface area contributed by atoms with Gasteiger partial charge in [-0.3, -0.25) is 0 Å². The van der Waals surface area contributed by atoms with Gasteiger partial charge < -0.3 is 15.4 Å². The molecule has 1 unspecified atom stereocenters. The minimum Gasteiger partial charge on any atom is -0.462 e. The summed E-state index contributed by atoms with van der Waals surface area (Å²) in [6.07, 6.45) is 5.29. The molecule has 2 heterocycles. The van der Waals surface area contributed by atoms with Gasteiger partial charge in [-0.25, -0.2) is 9.78 Å². The van der Waals surface area contributed by atoms with Crippen molar-refractivity contribution in [3.8, 4) is 0 Å². The lowest BCUT2D eigenvalue weighted by atomic mass is 9.96. The van der Waals surface area contributed by atoms with Crippen LogP contribution >= 0.6 is 0 Å². The van der Waals surface area contributed by atoms with Gasteiger partial charge in [0.25, 0.3) is 0 Å². The lowest BCUT2D eigenvalue weighted by molar-refractivity contribution is 0.0526. The van der Waals surface area contributed by atoms with E-state index >= 15 is 0 Å². The summed E-state index contributed by atoms with van der Waals surface area (Å²) >= 11 is 0. The number of ether oxygens (including phenoxy) is 1. The number of anilines is 1. The minimum absolute atomic E-state index is 0.320. The highest BCUT2D eigenvalue weighted by atomic mass is 16.5. The molecule has 1 aliphatic rings. The summed E-state index contributed by atoms with van der Waals surface area (Å²) in [5.74, 6) is 1.25. The van der Waals surface area contributed by atoms with Crippen LogP contribution in [0, 0.1) is 5.92 Å². The normalized spacial score (nSPS) is 18.6. The number of esters is 1. The second kappa shape index (κ2) is 7.85. The summed E-state index contributed by atoms with van der Waals surface area (Å²) in [5.41, 5.74) is 0.494. The molecule has 1 aromatic rings. The quantitative estimate of drug-likeness (QED) is 0.779. The van der Waals surface area contributed by atoms with Crippen LogP contribution in [0.4, 0.5) is 5.82 Å². The minimum atomic E-state index is -0.320. The standard InChI is InChI=1S/C15H23N3O2/c1-2-20-15(19)13-5-6-14(18-11-13)17-9-7-12-4-3-8-16-10-12/h5-6,11-12,16H,2-4,7-10H2,1H3,(H,17,18). The number of pyridine rings is 1. The van der Waals surface area contributed by atoms with Gasteiger partial charge >= 0.3 is 5.97 Å². The maximum Gasteiger partial charge on any atom is 0.339 e. The molecule has 1 saturated heterocycles. The Morgan fingerprint density at radius 3 is 3.10 bits per heavy atom. The smallest absolute Gasteiger partial charge is 0.339 e.